The van der Waals surface area contributed by atoms with Gasteiger partial charge in [-0.1, -0.05) is 48.5 Å². The molecule has 0 bridgehead atoms. The molecule has 0 spiro atoms. The van der Waals surface area contributed by atoms with Gasteiger partial charge in [-0.05, 0) is 32.1 Å². The molecular formula is C16H29GeNSi. The van der Waals surface area contributed by atoms with Gasteiger partial charge in [0.2, 0.25) is 0 Å². The van der Waals surface area contributed by atoms with E-state index in [2.05, 4.69) is 59.0 Å². The van der Waals surface area contributed by atoms with Crippen molar-refractivity contribution in [3.05, 3.63) is 30.3 Å². The van der Waals surface area contributed by atoms with Crippen LogP contribution < -0.4 is 5.19 Å². The Bertz CT molecular complexity index is 320. The van der Waals surface area contributed by atoms with Gasteiger partial charge in [-0.2, -0.15) is 0 Å². The third kappa shape index (κ3) is 7.95. The van der Waals surface area contributed by atoms with Gasteiger partial charge in [0.05, 0.1) is 8.80 Å². The van der Waals surface area contributed by atoms with Crippen molar-refractivity contribution < 1.29 is 0 Å². The summed E-state index contributed by atoms with van der Waals surface area (Å²) in [7, 11) is -0.340. The van der Waals surface area contributed by atoms with Crippen molar-refractivity contribution >= 4 is 28.3 Å². The van der Waals surface area contributed by atoms with Gasteiger partial charge in [0.15, 0.2) is 0 Å². The van der Waals surface area contributed by atoms with E-state index >= 15 is 0 Å². The summed E-state index contributed by atoms with van der Waals surface area (Å²) in [5.74, 6) is 7.00. The minimum absolute atomic E-state index is 0.333. The molecule has 1 aromatic rings. The van der Waals surface area contributed by atoms with Crippen molar-refractivity contribution in [2.45, 2.75) is 43.1 Å². The van der Waals surface area contributed by atoms with E-state index in [0.29, 0.717) is 0 Å². The Balaban J connectivity index is 0.000000399. The predicted octanol–water partition coefficient (Wildman–Crippen LogP) is 3.41. The van der Waals surface area contributed by atoms with Crippen LogP contribution in [0.4, 0.5) is 0 Å². The zero-order chi connectivity index (χ0) is 14.1. The van der Waals surface area contributed by atoms with E-state index in [0.717, 1.165) is 0 Å². The van der Waals surface area contributed by atoms with E-state index in [-0.39, 0.29) is 23.1 Å². The first-order valence-corrected chi connectivity index (χ1v) is 16.0. The number of hydrogen-bond donors (Lipinski definition) is 0. The van der Waals surface area contributed by atoms with Crippen molar-refractivity contribution in [3.63, 3.8) is 0 Å². The summed E-state index contributed by atoms with van der Waals surface area (Å²) in [5.41, 5.74) is 0. The molecule has 1 heterocycles. The van der Waals surface area contributed by atoms with E-state index in [1.54, 1.807) is 5.19 Å². The Morgan fingerprint density at radius 1 is 1.00 bits per heavy atom. The minimum atomic E-state index is -0.340. The second kappa shape index (κ2) is 9.78. The quantitative estimate of drug-likeness (QED) is 0.765. The Labute approximate surface area is 126 Å². The third-order valence-corrected chi connectivity index (χ3v) is 5.42. The average Bonchev–Trinajstić information content (AvgIpc) is 2.40. The summed E-state index contributed by atoms with van der Waals surface area (Å²) < 4.78 is 0. The number of nitrogens with zero attached hydrogens (tertiary/aromatic N) is 1. The third-order valence-electron chi connectivity index (χ3n) is 3.18. The van der Waals surface area contributed by atoms with Crippen LogP contribution in [0.25, 0.3) is 0 Å². The van der Waals surface area contributed by atoms with Crippen LogP contribution in [-0.2, 0) is 0 Å². The zero-order valence-electron chi connectivity index (χ0n) is 13.1. The fourth-order valence-corrected chi connectivity index (χ4v) is 4.20. The second-order valence-electron chi connectivity index (χ2n) is 5.98. The second-order valence-corrected chi connectivity index (χ2v) is 14.7. The fraction of sp³-hybridized carbons (Fsp3) is 0.625. The van der Waals surface area contributed by atoms with Gasteiger partial charge in [-0.15, -0.1) is 0 Å². The molecule has 0 unspecified atom stereocenters. The average molecular weight is 336 g/mol. The van der Waals surface area contributed by atoms with Crippen LogP contribution >= 0.6 is 0 Å². The van der Waals surface area contributed by atoms with Crippen LogP contribution in [0.2, 0.25) is 23.8 Å². The van der Waals surface area contributed by atoms with Crippen molar-refractivity contribution in [1.29, 1.82) is 0 Å². The molecule has 0 amide bonds. The fourth-order valence-electron chi connectivity index (χ4n) is 2.27. The van der Waals surface area contributed by atoms with Crippen molar-refractivity contribution in [2.24, 2.45) is 0 Å². The predicted molar refractivity (Wildman–Crippen MR) is 91.3 cm³/mol. The van der Waals surface area contributed by atoms with Gasteiger partial charge < -0.3 is 4.90 Å². The SMILES string of the molecule is C[Si](CN1CCCCC1)c1ccccc1.[CH3][Ge]([CH3])[CH3]. The molecular weight excluding hydrogens is 307 g/mol. The molecule has 19 heavy (non-hydrogen) atoms. The summed E-state index contributed by atoms with van der Waals surface area (Å²) in [6, 6.07) is 11.0. The van der Waals surface area contributed by atoms with Gasteiger partial charge in [0, 0.05) is 0 Å². The summed E-state index contributed by atoms with van der Waals surface area (Å²) in [4.78, 5) is 2.66. The van der Waals surface area contributed by atoms with Crippen LogP contribution in [0, 0.1) is 0 Å². The first kappa shape index (κ1) is 17.0. The maximum atomic E-state index is 2.66. The molecule has 0 atom stereocenters. The van der Waals surface area contributed by atoms with Gasteiger partial charge in [0.25, 0.3) is 0 Å². The molecule has 1 saturated heterocycles. The van der Waals surface area contributed by atoms with Gasteiger partial charge in [-0.25, -0.2) is 0 Å². The zero-order valence-corrected chi connectivity index (χ0v) is 16.2. The topological polar surface area (TPSA) is 3.24 Å². The Morgan fingerprint density at radius 3 is 2.05 bits per heavy atom. The number of piperidine rings is 1. The van der Waals surface area contributed by atoms with E-state index < -0.39 is 0 Å². The number of rotatable bonds is 3. The van der Waals surface area contributed by atoms with E-state index in [4.69, 9.17) is 0 Å². The number of benzene rings is 1. The monoisotopic (exact) mass is 337 g/mol. The summed E-state index contributed by atoms with van der Waals surface area (Å²) >= 11 is -0.333. The molecule has 0 N–H and O–H groups in total. The van der Waals surface area contributed by atoms with E-state index in [1.165, 1.54) is 38.5 Å². The summed E-state index contributed by atoms with van der Waals surface area (Å²) in [6.45, 7) is 5.10. The molecule has 3 heteroatoms. The number of likely N-dealkylation sites (tertiary alicyclic amines) is 1. The first-order chi connectivity index (χ1) is 9.09. The Hall–Kier alpha value is -0.0603. The van der Waals surface area contributed by atoms with Crippen LogP contribution in [-0.4, -0.2) is 47.3 Å². The van der Waals surface area contributed by atoms with Gasteiger partial charge in [0.1, 0.15) is 0 Å². The molecule has 1 nitrogen and oxygen atoms in total. The van der Waals surface area contributed by atoms with Crippen LogP contribution in [0.1, 0.15) is 19.3 Å². The molecule has 1 aromatic carbocycles. The van der Waals surface area contributed by atoms with Crippen LogP contribution in [0.15, 0.2) is 30.3 Å². The first-order valence-electron chi connectivity index (χ1n) is 7.46. The molecule has 2 rings (SSSR count). The van der Waals surface area contributed by atoms with E-state index in [9.17, 15) is 0 Å². The van der Waals surface area contributed by atoms with Crippen molar-refractivity contribution in [3.8, 4) is 0 Å². The molecule has 106 valence electrons. The number of hydrogen-bond acceptors (Lipinski definition) is 1. The Morgan fingerprint density at radius 2 is 1.53 bits per heavy atom. The van der Waals surface area contributed by atoms with Crippen molar-refractivity contribution in [2.75, 3.05) is 19.3 Å². The molecule has 0 aromatic heterocycles. The molecule has 1 aliphatic rings. The maximum absolute atomic E-state index is 2.66. The van der Waals surface area contributed by atoms with Crippen LogP contribution in [0.5, 0.6) is 0 Å². The van der Waals surface area contributed by atoms with Gasteiger partial charge in [-0.3, -0.25) is 0 Å². The van der Waals surface area contributed by atoms with Gasteiger partial charge >= 0.3 is 31.6 Å². The summed E-state index contributed by atoms with van der Waals surface area (Å²) in [6.07, 6.45) is 5.58. The van der Waals surface area contributed by atoms with Crippen molar-refractivity contribution in [1.82, 2.24) is 4.90 Å². The molecule has 0 aliphatic carbocycles. The molecule has 0 saturated carbocycles. The van der Waals surface area contributed by atoms with E-state index in [1.807, 2.05) is 0 Å². The molecule has 1 fully saturated rings. The summed E-state index contributed by atoms with van der Waals surface area (Å²) in [5, 5.41) is 1.58. The normalized spacial score (nSPS) is 16.3. The standard InChI is InChI=1S/C13H20NSi.C3H9Ge/c1-15(13-8-4-2-5-9-13)12-14-10-6-3-7-11-14;1-4(2)3/h2,4-5,8-9H,3,6-7,10-12H2,1H3;1-3H3. The Kier molecular flexibility index (Phi) is 8.75. The molecule has 2 radical (unpaired) electrons. The molecule has 1 aliphatic heterocycles. The van der Waals surface area contributed by atoms with Crippen LogP contribution in [0.3, 0.4) is 0 Å².